The van der Waals surface area contributed by atoms with Gasteiger partial charge in [-0.25, -0.2) is 9.59 Å². The minimum absolute atomic E-state index is 0.0131. The van der Waals surface area contributed by atoms with Crippen LogP contribution in [0.25, 0.3) is 43.1 Å². The summed E-state index contributed by atoms with van der Waals surface area (Å²) in [5.74, 6) is -3.12. The van der Waals surface area contributed by atoms with Crippen molar-refractivity contribution in [3.05, 3.63) is 142 Å². The van der Waals surface area contributed by atoms with Gasteiger partial charge in [0.05, 0.1) is 11.1 Å². The number of carbonyl (C=O) groups is 4. The number of hydrogen-bond donors (Lipinski definition) is 4. The Morgan fingerprint density at radius 3 is 1.18 bits per heavy atom. The highest BCUT2D eigenvalue weighted by molar-refractivity contribution is 6.38. The van der Waals surface area contributed by atoms with Gasteiger partial charge in [0.25, 0.3) is 11.8 Å². The summed E-state index contributed by atoms with van der Waals surface area (Å²) in [6, 6.07) is 29.2. The lowest BCUT2D eigenvalue weighted by Gasteiger charge is -2.20. The standard InChI is InChI=1S/C42H34N2O6/c1-23-5-3-7-25(21-23)17-19-43-39(45)31-13-9-27-30-12-16-34(42(49)50)38-32(40(46)44-20-18-26-8-4-6-24(2)22-26)14-10-28(36(30)38)29-11-15-33(41(47)48)37(31)35(27)29/h3-16,21-22H,17-20H2,1-2H3,(H,43,45)(H,44,46)(H,47,48)(H,49,50). The molecule has 0 saturated heterocycles. The summed E-state index contributed by atoms with van der Waals surface area (Å²) in [5.41, 5.74) is 4.86. The van der Waals surface area contributed by atoms with Gasteiger partial charge in [-0.3, -0.25) is 9.59 Å². The summed E-state index contributed by atoms with van der Waals surface area (Å²) in [7, 11) is 0. The van der Waals surface area contributed by atoms with E-state index < -0.39 is 23.8 Å². The van der Waals surface area contributed by atoms with Gasteiger partial charge in [0, 0.05) is 35.0 Å². The Balaban J connectivity index is 1.35. The highest BCUT2D eigenvalue weighted by atomic mass is 16.4. The van der Waals surface area contributed by atoms with Gasteiger partial charge in [-0.05, 0) is 94.4 Å². The molecule has 0 unspecified atom stereocenters. The molecule has 2 amide bonds. The molecule has 0 bridgehead atoms. The lowest BCUT2D eigenvalue weighted by atomic mass is 9.84. The van der Waals surface area contributed by atoms with Crippen molar-refractivity contribution in [2.45, 2.75) is 26.7 Å². The third-order valence-corrected chi connectivity index (χ3v) is 9.42. The molecule has 4 N–H and O–H groups in total. The van der Waals surface area contributed by atoms with Crippen LogP contribution >= 0.6 is 0 Å². The van der Waals surface area contributed by atoms with Crippen LogP contribution in [-0.4, -0.2) is 47.1 Å². The number of benzene rings is 7. The molecule has 7 rings (SSSR count). The van der Waals surface area contributed by atoms with E-state index in [1.165, 1.54) is 12.1 Å². The number of carboxylic acids is 2. The number of fused-ring (bicyclic) bond motifs is 2. The number of carboxylic acid groups (broad SMARTS) is 2. The van der Waals surface area contributed by atoms with E-state index in [0.29, 0.717) is 69.0 Å². The zero-order valence-electron chi connectivity index (χ0n) is 27.6. The quantitative estimate of drug-likeness (QED) is 0.0877. The predicted octanol–water partition coefficient (Wildman–Crippen LogP) is 7.70. The molecular weight excluding hydrogens is 628 g/mol. The van der Waals surface area contributed by atoms with E-state index in [1.807, 2.05) is 50.2 Å². The normalized spacial score (nSPS) is 11.4. The van der Waals surface area contributed by atoms with Crippen molar-refractivity contribution in [2.75, 3.05) is 13.1 Å². The minimum Gasteiger partial charge on any atom is -0.478 e. The first-order chi connectivity index (χ1) is 24.1. The Morgan fingerprint density at radius 2 is 0.840 bits per heavy atom. The van der Waals surface area contributed by atoms with E-state index in [2.05, 4.69) is 22.8 Å². The van der Waals surface area contributed by atoms with Crippen LogP contribution in [0.2, 0.25) is 0 Å². The van der Waals surface area contributed by atoms with Crippen molar-refractivity contribution >= 4 is 66.8 Å². The van der Waals surface area contributed by atoms with Crippen molar-refractivity contribution in [1.82, 2.24) is 10.6 Å². The van der Waals surface area contributed by atoms with E-state index in [4.69, 9.17) is 0 Å². The summed E-state index contributed by atoms with van der Waals surface area (Å²) in [6.07, 6.45) is 1.23. The molecule has 8 heteroatoms. The largest absolute Gasteiger partial charge is 0.478 e. The lowest BCUT2D eigenvalue weighted by Crippen LogP contribution is -2.26. The fourth-order valence-electron chi connectivity index (χ4n) is 7.19. The minimum atomic E-state index is -1.17. The molecule has 0 saturated carbocycles. The third kappa shape index (κ3) is 5.75. The van der Waals surface area contributed by atoms with Gasteiger partial charge in [-0.2, -0.15) is 0 Å². The Morgan fingerprint density at radius 1 is 0.480 bits per heavy atom. The third-order valence-electron chi connectivity index (χ3n) is 9.42. The van der Waals surface area contributed by atoms with Crippen LogP contribution in [0.15, 0.2) is 97.1 Å². The van der Waals surface area contributed by atoms with Crippen LogP contribution in [0, 0.1) is 13.8 Å². The van der Waals surface area contributed by atoms with Gasteiger partial charge in [0.15, 0.2) is 0 Å². The molecule has 0 aliphatic rings. The van der Waals surface area contributed by atoms with Crippen molar-refractivity contribution < 1.29 is 29.4 Å². The van der Waals surface area contributed by atoms with Crippen LogP contribution in [0.1, 0.15) is 63.7 Å². The number of aromatic carboxylic acids is 2. The summed E-state index contributed by atoms with van der Waals surface area (Å²) in [6.45, 7) is 4.75. The summed E-state index contributed by atoms with van der Waals surface area (Å²) in [5, 5.41) is 30.9. The molecule has 0 aliphatic carbocycles. The molecule has 0 radical (unpaired) electrons. The van der Waals surface area contributed by atoms with Gasteiger partial charge < -0.3 is 20.8 Å². The Labute approximate surface area is 287 Å². The van der Waals surface area contributed by atoms with Gasteiger partial charge in [0.2, 0.25) is 0 Å². The molecule has 0 heterocycles. The van der Waals surface area contributed by atoms with Crippen LogP contribution in [0.3, 0.4) is 0 Å². The maximum atomic E-state index is 13.7. The van der Waals surface area contributed by atoms with E-state index in [-0.39, 0.29) is 22.3 Å². The van der Waals surface area contributed by atoms with Crippen molar-refractivity contribution in [3.63, 3.8) is 0 Å². The van der Waals surface area contributed by atoms with Crippen molar-refractivity contribution in [3.8, 4) is 0 Å². The van der Waals surface area contributed by atoms with Crippen molar-refractivity contribution in [2.24, 2.45) is 0 Å². The van der Waals surface area contributed by atoms with Crippen molar-refractivity contribution in [1.29, 1.82) is 0 Å². The van der Waals surface area contributed by atoms with E-state index >= 15 is 0 Å². The number of hydrogen-bond acceptors (Lipinski definition) is 4. The highest BCUT2D eigenvalue weighted by Gasteiger charge is 2.25. The maximum Gasteiger partial charge on any atom is 0.336 e. The Bertz CT molecular complexity index is 2320. The highest BCUT2D eigenvalue weighted by Crippen LogP contribution is 2.44. The lowest BCUT2D eigenvalue weighted by molar-refractivity contribution is 0.0688. The molecule has 7 aromatic carbocycles. The van der Waals surface area contributed by atoms with Crippen LogP contribution in [0.4, 0.5) is 0 Å². The number of aryl methyl sites for hydroxylation is 2. The van der Waals surface area contributed by atoms with Crippen LogP contribution in [0.5, 0.6) is 0 Å². The van der Waals surface area contributed by atoms with Gasteiger partial charge >= 0.3 is 11.9 Å². The van der Waals surface area contributed by atoms with E-state index in [1.54, 1.807) is 36.4 Å². The summed E-state index contributed by atoms with van der Waals surface area (Å²) < 4.78 is 0. The SMILES string of the molecule is Cc1cccc(CCNC(=O)c2ccc3c4ccc(C(=O)O)c5c(C(=O)NCCc6cccc(C)c6)ccc(c6ccc(C(=O)O)c2c63)c54)c1. The fourth-order valence-corrected chi connectivity index (χ4v) is 7.19. The average molecular weight is 663 g/mol. The Hall–Kier alpha value is -6.28. The van der Waals surface area contributed by atoms with Crippen LogP contribution in [-0.2, 0) is 12.8 Å². The first-order valence-electron chi connectivity index (χ1n) is 16.5. The van der Waals surface area contributed by atoms with E-state index in [9.17, 15) is 29.4 Å². The van der Waals surface area contributed by atoms with Gasteiger partial charge in [-0.1, -0.05) is 83.9 Å². The molecular formula is C42H34N2O6. The van der Waals surface area contributed by atoms with Gasteiger partial charge in [-0.15, -0.1) is 0 Å². The molecule has 8 nitrogen and oxygen atoms in total. The number of nitrogens with one attached hydrogen (secondary N) is 2. The molecule has 0 spiro atoms. The number of carbonyl (C=O) groups excluding carboxylic acids is 2. The molecule has 0 aliphatic heterocycles. The zero-order valence-corrected chi connectivity index (χ0v) is 27.6. The number of amides is 2. The smallest absolute Gasteiger partial charge is 0.336 e. The molecule has 0 aromatic heterocycles. The molecule has 0 fully saturated rings. The van der Waals surface area contributed by atoms with Crippen LogP contribution < -0.4 is 10.6 Å². The topological polar surface area (TPSA) is 133 Å². The second kappa shape index (κ2) is 13.0. The molecule has 248 valence electrons. The van der Waals surface area contributed by atoms with E-state index in [0.717, 1.165) is 22.3 Å². The average Bonchev–Trinajstić information content (AvgIpc) is 3.09. The predicted molar refractivity (Wildman–Crippen MR) is 196 cm³/mol. The Kier molecular flexibility index (Phi) is 8.37. The molecule has 0 atom stereocenters. The second-order valence-corrected chi connectivity index (χ2v) is 12.7. The molecule has 7 aromatic rings. The summed E-state index contributed by atoms with van der Waals surface area (Å²) >= 11 is 0. The number of rotatable bonds is 10. The monoisotopic (exact) mass is 662 g/mol. The first kappa shape index (κ1) is 32.3. The second-order valence-electron chi connectivity index (χ2n) is 12.7. The molecule has 50 heavy (non-hydrogen) atoms. The summed E-state index contributed by atoms with van der Waals surface area (Å²) in [4.78, 5) is 52.5. The maximum absolute atomic E-state index is 13.7. The fraction of sp³-hybridized carbons (Fsp3) is 0.143. The first-order valence-corrected chi connectivity index (χ1v) is 16.5. The zero-order chi connectivity index (χ0) is 35.1. The van der Waals surface area contributed by atoms with Gasteiger partial charge in [0.1, 0.15) is 0 Å².